The van der Waals surface area contributed by atoms with E-state index in [-0.39, 0.29) is 6.04 Å². The van der Waals surface area contributed by atoms with E-state index >= 15 is 0 Å². The lowest BCUT2D eigenvalue weighted by molar-refractivity contribution is 0.761. The SMILES string of the molecule is Cc1ccnc(NC(=S)N[C@H](c2ccccc2)c2ccc(C)cc2C)c1. The zero-order valence-electron chi connectivity index (χ0n) is 15.3. The molecule has 3 nitrogen and oxygen atoms in total. The Morgan fingerprint density at radius 2 is 1.65 bits per heavy atom. The number of hydrogen-bond donors (Lipinski definition) is 2. The molecule has 0 spiro atoms. The molecule has 132 valence electrons. The van der Waals surface area contributed by atoms with Crippen LogP contribution in [0.3, 0.4) is 0 Å². The summed E-state index contributed by atoms with van der Waals surface area (Å²) >= 11 is 5.56. The van der Waals surface area contributed by atoms with Crippen LogP contribution in [0.15, 0.2) is 66.9 Å². The minimum absolute atomic E-state index is 0.0263. The van der Waals surface area contributed by atoms with Gasteiger partial charge in [0.15, 0.2) is 5.11 Å². The molecule has 1 heterocycles. The van der Waals surface area contributed by atoms with Gasteiger partial charge in [0.2, 0.25) is 0 Å². The molecule has 2 aromatic carbocycles. The molecule has 0 aliphatic rings. The summed E-state index contributed by atoms with van der Waals surface area (Å²) in [7, 11) is 0. The molecule has 0 aliphatic heterocycles. The van der Waals surface area contributed by atoms with E-state index in [1.54, 1.807) is 6.20 Å². The van der Waals surface area contributed by atoms with Gasteiger partial charge in [0, 0.05) is 6.20 Å². The Kier molecular flexibility index (Phi) is 5.64. The fourth-order valence-corrected chi connectivity index (χ4v) is 3.25. The number of thiocarbonyl (C=S) groups is 1. The van der Waals surface area contributed by atoms with Crippen molar-refractivity contribution in [1.82, 2.24) is 10.3 Å². The predicted octanol–water partition coefficient (Wildman–Crippen LogP) is 5.08. The van der Waals surface area contributed by atoms with E-state index in [0.29, 0.717) is 5.11 Å². The number of hydrogen-bond acceptors (Lipinski definition) is 2. The summed E-state index contributed by atoms with van der Waals surface area (Å²) in [6.45, 7) is 6.28. The minimum Gasteiger partial charge on any atom is -0.351 e. The van der Waals surface area contributed by atoms with E-state index in [0.717, 1.165) is 11.4 Å². The van der Waals surface area contributed by atoms with Crippen LogP contribution in [0.2, 0.25) is 0 Å². The average Bonchev–Trinajstić information content (AvgIpc) is 2.61. The van der Waals surface area contributed by atoms with Gasteiger partial charge in [-0.25, -0.2) is 4.98 Å². The molecule has 0 saturated carbocycles. The van der Waals surface area contributed by atoms with Crippen LogP contribution >= 0.6 is 12.2 Å². The van der Waals surface area contributed by atoms with Gasteiger partial charge in [0.1, 0.15) is 5.82 Å². The van der Waals surface area contributed by atoms with Crippen LogP contribution in [0.25, 0.3) is 0 Å². The van der Waals surface area contributed by atoms with Gasteiger partial charge in [0.25, 0.3) is 0 Å². The van der Waals surface area contributed by atoms with Gasteiger partial charge in [-0.1, -0.05) is 54.1 Å². The fourth-order valence-electron chi connectivity index (χ4n) is 3.02. The highest BCUT2D eigenvalue weighted by Gasteiger charge is 2.17. The minimum atomic E-state index is -0.0263. The first-order chi connectivity index (χ1) is 12.5. The molecule has 2 N–H and O–H groups in total. The van der Waals surface area contributed by atoms with E-state index in [4.69, 9.17) is 12.2 Å². The molecule has 0 unspecified atom stereocenters. The number of aryl methyl sites for hydroxylation is 3. The number of anilines is 1. The van der Waals surface area contributed by atoms with Gasteiger partial charge in [-0.3, -0.25) is 0 Å². The maximum atomic E-state index is 5.56. The third kappa shape index (κ3) is 4.46. The molecule has 26 heavy (non-hydrogen) atoms. The van der Waals surface area contributed by atoms with Gasteiger partial charge in [-0.05, 0) is 67.4 Å². The van der Waals surface area contributed by atoms with Gasteiger partial charge < -0.3 is 10.6 Å². The molecule has 0 saturated heterocycles. The van der Waals surface area contributed by atoms with Crippen molar-refractivity contribution in [3.8, 4) is 0 Å². The first-order valence-electron chi connectivity index (χ1n) is 8.65. The summed E-state index contributed by atoms with van der Waals surface area (Å²) in [6, 6.07) is 20.8. The molecule has 3 aromatic rings. The van der Waals surface area contributed by atoms with Crippen LogP contribution in [-0.4, -0.2) is 10.1 Å². The monoisotopic (exact) mass is 361 g/mol. The number of nitrogens with zero attached hydrogens (tertiary/aromatic N) is 1. The van der Waals surface area contributed by atoms with E-state index in [1.165, 1.54) is 22.3 Å². The topological polar surface area (TPSA) is 37.0 Å². The van der Waals surface area contributed by atoms with Crippen molar-refractivity contribution in [3.05, 3.63) is 94.7 Å². The second-order valence-electron chi connectivity index (χ2n) is 6.52. The second-order valence-corrected chi connectivity index (χ2v) is 6.93. The van der Waals surface area contributed by atoms with E-state index in [2.05, 4.69) is 59.8 Å². The summed E-state index contributed by atoms with van der Waals surface area (Å²) in [5.41, 5.74) is 6.01. The molecule has 0 radical (unpaired) electrons. The molecular formula is C22H23N3S. The molecule has 0 aliphatic carbocycles. The van der Waals surface area contributed by atoms with Crippen molar-refractivity contribution in [2.75, 3.05) is 5.32 Å². The van der Waals surface area contributed by atoms with Crippen LogP contribution in [0.4, 0.5) is 5.82 Å². The second kappa shape index (κ2) is 8.11. The van der Waals surface area contributed by atoms with Gasteiger partial charge in [0.05, 0.1) is 6.04 Å². The summed E-state index contributed by atoms with van der Waals surface area (Å²) in [5.74, 6) is 0.745. The smallest absolute Gasteiger partial charge is 0.172 e. The summed E-state index contributed by atoms with van der Waals surface area (Å²) in [6.07, 6.45) is 1.78. The maximum absolute atomic E-state index is 5.56. The summed E-state index contributed by atoms with van der Waals surface area (Å²) < 4.78 is 0. The standard InChI is InChI=1S/C22H23N3S/c1-15-9-10-19(17(3)13-15)21(18-7-5-4-6-8-18)25-22(26)24-20-14-16(2)11-12-23-20/h4-14,21H,1-3H3,(H2,23,24,25,26)/t21-/m1/s1. The van der Waals surface area contributed by atoms with Crippen LogP contribution in [0.1, 0.15) is 33.9 Å². The summed E-state index contributed by atoms with van der Waals surface area (Å²) in [5, 5.41) is 7.20. The third-order valence-electron chi connectivity index (χ3n) is 4.30. The molecule has 3 rings (SSSR count). The number of rotatable bonds is 4. The average molecular weight is 362 g/mol. The van der Waals surface area contributed by atoms with E-state index in [9.17, 15) is 0 Å². The number of benzene rings is 2. The highest BCUT2D eigenvalue weighted by atomic mass is 32.1. The van der Waals surface area contributed by atoms with Crippen LogP contribution < -0.4 is 10.6 Å². The lowest BCUT2D eigenvalue weighted by Gasteiger charge is -2.23. The van der Waals surface area contributed by atoms with Crippen molar-refractivity contribution in [2.45, 2.75) is 26.8 Å². The Bertz CT molecular complexity index is 906. The first-order valence-corrected chi connectivity index (χ1v) is 9.06. The van der Waals surface area contributed by atoms with Crippen molar-refractivity contribution >= 4 is 23.1 Å². The maximum Gasteiger partial charge on any atom is 0.172 e. The zero-order valence-corrected chi connectivity index (χ0v) is 16.1. The first kappa shape index (κ1) is 18.1. The third-order valence-corrected chi connectivity index (χ3v) is 4.52. The summed E-state index contributed by atoms with van der Waals surface area (Å²) in [4.78, 5) is 4.32. The van der Waals surface area contributed by atoms with Crippen LogP contribution in [-0.2, 0) is 0 Å². The molecule has 0 amide bonds. The number of pyridine rings is 1. The van der Waals surface area contributed by atoms with Crippen molar-refractivity contribution in [2.24, 2.45) is 0 Å². The number of nitrogens with one attached hydrogen (secondary N) is 2. The lowest BCUT2D eigenvalue weighted by Crippen LogP contribution is -2.33. The van der Waals surface area contributed by atoms with Crippen molar-refractivity contribution < 1.29 is 0 Å². The van der Waals surface area contributed by atoms with Gasteiger partial charge in [-0.15, -0.1) is 0 Å². The molecule has 1 aromatic heterocycles. The normalized spacial score (nSPS) is 11.7. The quantitative estimate of drug-likeness (QED) is 0.635. The Morgan fingerprint density at radius 1 is 0.923 bits per heavy atom. The largest absolute Gasteiger partial charge is 0.351 e. The highest BCUT2D eigenvalue weighted by Crippen LogP contribution is 2.26. The van der Waals surface area contributed by atoms with E-state index < -0.39 is 0 Å². The van der Waals surface area contributed by atoms with E-state index in [1.807, 2.05) is 37.3 Å². The highest BCUT2D eigenvalue weighted by molar-refractivity contribution is 7.80. The zero-order chi connectivity index (χ0) is 18.5. The van der Waals surface area contributed by atoms with Crippen LogP contribution in [0.5, 0.6) is 0 Å². The molecule has 1 atom stereocenters. The molecular weight excluding hydrogens is 338 g/mol. The molecule has 4 heteroatoms. The fraction of sp³-hybridized carbons (Fsp3) is 0.182. The van der Waals surface area contributed by atoms with Crippen molar-refractivity contribution in [3.63, 3.8) is 0 Å². The van der Waals surface area contributed by atoms with Gasteiger partial charge in [-0.2, -0.15) is 0 Å². The Morgan fingerprint density at radius 3 is 2.35 bits per heavy atom. The Hall–Kier alpha value is -2.72. The lowest BCUT2D eigenvalue weighted by atomic mass is 9.94. The molecule has 0 bridgehead atoms. The van der Waals surface area contributed by atoms with Crippen LogP contribution in [0, 0.1) is 20.8 Å². The number of aromatic nitrogens is 1. The predicted molar refractivity (Wildman–Crippen MR) is 113 cm³/mol. The Labute approximate surface area is 160 Å². The van der Waals surface area contributed by atoms with Crippen molar-refractivity contribution in [1.29, 1.82) is 0 Å². The Balaban J connectivity index is 1.87. The molecule has 0 fully saturated rings. The van der Waals surface area contributed by atoms with Gasteiger partial charge >= 0.3 is 0 Å².